The first-order valence-corrected chi connectivity index (χ1v) is 10.1. The molecule has 7 heteroatoms. The molecule has 1 unspecified atom stereocenters. The van der Waals surface area contributed by atoms with Crippen molar-refractivity contribution in [1.82, 2.24) is 9.80 Å². The number of allylic oxidation sites excluding steroid dienone is 2. The van der Waals surface area contributed by atoms with Gasteiger partial charge in [0.2, 0.25) is 0 Å². The highest BCUT2D eigenvalue weighted by molar-refractivity contribution is 5.89. The number of benzene rings is 1. The summed E-state index contributed by atoms with van der Waals surface area (Å²) in [4.78, 5) is 16.2. The van der Waals surface area contributed by atoms with E-state index < -0.39 is 12.2 Å². The van der Waals surface area contributed by atoms with Crippen LogP contribution in [0.25, 0.3) is 0 Å². The number of hydrogen-bond acceptors (Lipinski definition) is 5. The first kappa shape index (κ1) is 21.3. The van der Waals surface area contributed by atoms with Crippen molar-refractivity contribution in [2.75, 3.05) is 32.9 Å². The van der Waals surface area contributed by atoms with Crippen LogP contribution in [0, 0.1) is 5.82 Å². The van der Waals surface area contributed by atoms with Crippen LogP contribution in [0.3, 0.4) is 0 Å². The summed E-state index contributed by atoms with van der Waals surface area (Å²) in [5, 5.41) is 9.87. The number of carboxylic acid groups (broad SMARTS) is 1. The monoisotopic (exact) mass is 404 g/mol. The fourth-order valence-electron chi connectivity index (χ4n) is 3.67. The van der Waals surface area contributed by atoms with E-state index in [9.17, 15) is 14.3 Å². The molecule has 0 bridgehead atoms. The van der Waals surface area contributed by atoms with Gasteiger partial charge in [0, 0.05) is 26.2 Å². The maximum atomic E-state index is 13.8. The fraction of sp³-hybridized carbons (Fsp3) is 0.500. The second-order valence-corrected chi connectivity index (χ2v) is 7.34. The summed E-state index contributed by atoms with van der Waals surface area (Å²) in [6.45, 7) is 7.32. The molecule has 1 atom stereocenters. The molecular weight excluding hydrogens is 375 g/mol. The average Bonchev–Trinajstić information content (AvgIpc) is 2.70. The highest BCUT2D eigenvalue weighted by Crippen LogP contribution is 2.32. The van der Waals surface area contributed by atoms with E-state index in [1.165, 1.54) is 12.1 Å². The van der Waals surface area contributed by atoms with E-state index in [1.54, 1.807) is 13.0 Å². The molecule has 158 valence electrons. The molecule has 0 amide bonds. The molecule has 0 aromatic heterocycles. The number of carboxylic acids is 1. The lowest BCUT2D eigenvalue weighted by Crippen LogP contribution is -2.49. The summed E-state index contributed by atoms with van der Waals surface area (Å²) >= 11 is 0. The maximum absolute atomic E-state index is 13.8. The van der Waals surface area contributed by atoms with Crippen molar-refractivity contribution in [3.63, 3.8) is 0 Å². The van der Waals surface area contributed by atoms with Gasteiger partial charge in [-0.3, -0.25) is 0 Å². The number of morpholine rings is 1. The highest BCUT2D eigenvalue weighted by atomic mass is 19.1. The number of nitrogens with zero attached hydrogens (tertiary/aromatic N) is 2. The molecule has 29 heavy (non-hydrogen) atoms. The molecule has 2 aliphatic rings. The first-order valence-electron chi connectivity index (χ1n) is 10.1. The summed E-state index contributed by atoms with van der Waals surface area (Å²) in [7, 11) is 0. The average molecular weight is 404 g/mol. The molecular formula is C22H29FN2O4. The third-order valence-electron chi connectivity index (χ3n) is 5.18. The Hall–Kier alpha value is -2.38. The number of rotatable bonds is 8. The van der Waals surface area contributed by atoms with Crippen molar-refractivity contribution in [1.29, 1.82) is 0 Å². The van der Waals surface area contributed by atoms with E-state index in [4.69, 9.17) is 9.47 Å². The van der Waals surface area contributed by atoms with Crippen molar-refractivity contribution in [3.05, 3.63) is 58.7 Å². The third kappa shape index (κ3) is 5.16. The molecule has 1 N–H and O–H groups in total. The molecule has 2 aliphatic heterocycles. The van der Waals surface area contributed by atoms with Gasteiger partial charge in [-0.05, 0) is 42.7 Å². The minimum absolute atomic E-state index is 0.231. The number of aliphatic carboxylic acids is 1. The zero-order chi connectivity index (χ0) is 20.8. The minimum Gasteiger partial charge on any atom is -0.478 e. The van der Waals surface area contributed by atoms with Gasteiger partial charge >= 0.3 is 5.97 Å². The molecule has 1 fully saturated rings. The molecule has 1 aromatic rings. The van der Waals surface area contributed by atoms with Gasteiger partial charge in [0.25, 0.3) is 0 Å². The van der Waals surface area contributed by atoms with Crippen LogP contribution in [0.2, 0.25) is 0 Å². The largest absolute Gasteiger partial charge is 0.478 e. The molecule has 3 rings (SSSR count). The quantitative estimate of drug-likeness (QED) is 0.671. The van der Waals surface area contributed by atoms with Crippen LogP contribution in [-0.4, -0.2) is 60.0 Å². The lowest BCUT2D eigenvalue weighted by atomic mass is 10.0. The van der Waals surface area contributed by atoms with Gasteiger partial charge in [-0.2, -0.15) is 0 Å². The van der Waals surface area contributed by atoms with E-state index in [0.29, 0.717) is 45.0 Å². The second kappa shape index (κ2) is 9.89. The van der Waals surface area contributed by atoms with Gasteiger partial charge in [-0.15, -0.1) is 0 Å². The van der Waals surface area contributed by atoms with Gasteiger partial charge in [0.05, 0.1) is 18.8 Å². The van der Waals surface area contributed by atoms with E-state index in [2.05, 4.69) is 11.8 Å². The normalized spacial score (nSPS) is 20.1. The second-order valence-electron chi connectivity index (χ2n) is 7.34. The van der Waals surface area contributed by atoms with E-state index in [0.717, 1.165) is 24.2 Å². The summed E-state index contributed by atoms with van der Waals surface area (Å²) < 4.78 is 25.4. The molecule has 2 heterocycles. The minimum atomic E-state index is -0.995. The van der Waals surface area contributed by atoms with E-state index >= 15 is 0 Å². The Kier molecular flexibility index (Phi) is 7.28. The van der Waals surface area contributed by atoms with Crippen LogP contribution in [0.1, 0.15) is 32.3 Å². The summed E-state index contributed by atoms with van der Waals surface area (Å²) in [5.41, 5.74) is 1.67. The maximum Gasteiger partial charge on any atom is 0.336 e. The van der Waals surface area contributed by atoms with Crippen LogP contribution in [0.5, 0.6) is 0 Å². The Morgan fingerprint density at radius 3 is 2.76 bits per heavy atom. The van der Waals surface area contributed by atoms with Crippen molar-refractivity contribution in [2.24, 2.45) is 0 Å². The molecule has 1 saturated heterocycles. The molecule has 0 saturated carbocycles. The van der Waals surface area contributed by atoms with Crippen LogP contribution in [0.4, 0.5) is 4.39 Å². The predicted molar refractivity (Wildman–Crippen MR) is 107 cm³/mol. The lowest BCUT2D eigenvalue weighted by molar-refractivity contribution is -0.137. The van der Waals surface area contributed by atoms with Crippen LogP contribution >= 0.6 is 0 Å². The van der Waals surface area contributed by atoms with Gasteiger partial charge in [0.15, 0.2) is 6.23 Å². The Morgan fingerprint density at radius 1 is 1.34 bits per heavy atom. The standard InChI is InChI=1S/C22H29FN2O4/c1-3-4-10-29-21-20(22(26)27)16(2)13-19(24-8-11-28-12-9-24)25(21)15-17-6-5-7-18(23)14-17/h5-7,13-14,21H,3-4,8-12,15H2,1-2H3,(H,26,27). The summed E-state index contributed by atoms with van der Waals surface area (Å²) in [5.74, 6) is -0.419. The summed E-state index contributed by atoms with van der Waals surface area (Å²) in [6, 6.07) is 6.39. The zero-order valence-corrected chi connectivity index (χ0v) is 17.1. The molecule has 0 aliphatic carbocycles. The Balaban J connectivity index is 1.99. The molecule has 1 aromatic carbocycles. The van der Waals surface area contributed by atoms with Gasteiger partial charge < -0.3 is 24.4 Å². The number of halogens is 1. The van der Waals surface area contributed by atoms with E-state index in [1.807, 2.05) is 17.0 Å². The van der Waals surface area contributed by atoms with Gasteiger partial charge in [0.1, 0.15) is 11.6 Å². The van der Waals surface area contributed by atoms with Crippen molar-refractivity contribution >= 4 is 5.97 Å². The zero-order valence-electron chi connectivity index (χ0n) is 17.1. The molecule has 0 spiro atoms. The van der Waals surface area contributed by atoms with Gasteiger partial charge in [-0.1, -0.05) is 25.5 Å². The molecule has 6 nitrogen and oxygen atoms in total. The Morgan fingerprint density at radius 2 is 2.10 bits per heavy atom. The fourth-order valence-corrected chi connectivity index (χ4v) is 3.67. The number of hydrogen-bond donors (Lipinski definition) is 1. The van der Waals surface area contributed by atoms with Crippen LogP contribution in [0.15, 0.2) is 47.3 Å². The topological polar surface area (TPSA) is 62.2 Å². The SMILES string of the molecule is CCCCOC1C(C(=O)O)=C(C)C=C(N2CCOCC2)N1Cc1cccc(F)c1. The Labute approximate surface area is 171 Å². The Bertz CT molecular complexity index is 787. The number of unbranched alkanes of at least 4 members (excludes halogenated alkanes) is 1. The van der Waals surface area contributed by atoms with Crippen molar-refractivity contribution in [3.8, 4) is 0 Å². The van der Waals surface area contributed by atoms with Crippen molar-refractivity contribution in [2.45, 2.75) is 39.5 Å². The summed E-state index contributed by atoms with van der Waals surface area (Å²) in [6.07, 6.45) is 2.96. The first-order chi connectivity index (χ1) is 14.0. The van der Waals surface area contributed by atoms with Crippen LogP contribution < -0.4 is 0 Å². The number of carbonyl (C=O) groups is 1. The van der Waals surface area contributed by atoms with E-state index in [-0.39, 0.29) is 11.4 Å². The van der Waals surface area contributed by atoms with Gasteiger partial charge in [-0.25, -0.2) is 9.18 Å². The number of ether oxygens (including phenoxy) is 2. The predicted octanol–water partition coefficient (Wildman–Crippen LogP) is 3.36. The highest BCUT2D eigenvalue weighted by Gasteiger charge is 2.36. The van der Waals surface area contributed by atoms with Crippen LogP contribution in [-0.2, 0) is 20.8 Å². The molecule has 0 radical (unpaired) electrons. The lowest BCUT2D eigenvalue weighted by Gasteiger charge is -2.44. The smallest absolute Gasteiger partial charge is 0.336 e. The third-order valence-corrected chi connectivity index (χ3v) is 5.18. The van der Waals surface area contributed by atoms with Crippen molar-refractivity contribution < 1.29 is 23.8 Å².